The monoisotopic (exact) mass is 333 g/mol. The molecule has 0 saturated heterocycles. The number of halogens is 1. The topological polar surface area (TPSA) is 37.8 Å². The average Bonchev–Trinajstić information content (AvgIpc) is 2.53. The smallest absolute Gasteiger partial charge is 0.152 e. The Bertz CT molecular complexity index is 687. The highest BCUT2D eigenvalue weighted by Gasteiger charge is 2.15. The summed E-state index contributed by atoms with van der Waals surface area (Å²) in [4.78, 5) is 0. The number of rotatable bonds is 4. The Balaban J connectivity index is 0.00000185. The van der Waals surface area contributed by atoms with E-state index >= 15 is 0 Å². The maximum absolute atomic E-state index is 13.2. The highest BCUT2D eigenvalue weighted by molar-refractivity contribution is 5.50. The van der Waals surface area contributed by atoms with Gasteiger partial charge in [0.15, 0.2) is 5.82 Å². The molecule has 0 fully saturated rings. The van der Waals surface area contributed by atoms with E-state index in [1.165, 1.54) is 11.6 Å². The van der Waals surface area contributed by atoms with Gasteiger partial charge in [0.2, 0.25) is 0 Å². The summed E-state index contributed by atoms with van der Waals surface area (Å²) in [6, 6.07) is 4.91. The van der Waals surface area contributed by atoms with Gasteiger partial charge < -0.3 is 5.32 Å². The summed E-state index contributed by atoms with van der Waals surface area (Å²) in [7, 11) is 0. The minimum absolute atomic E-state index is 0. The van der Waals surface area contributed by atoms with Crippen LogP contribution in [0, 0.1) is 26.6 Å². The van der Waals surface area contributed by atoms with Gasteiger partial charge in [-0.1, -0.05) is 33.8 Å². The molecule has 2 rings (SSSR count). The van der Waals surface area contributed by atoms with E-state index in [0.717, 1.165) is 28.2 Å². The van der Waals surface area contributed by atoms with Gasteiger partial charge in [-0.25, -0.2) is 4.39 Å². The average molecular weight is 333 g/mol. The lowest BCUT2D eigenvalue weighted by Crippen LogP contribution is -2.13. The van der Waals surface area contributed by atoms with Crippen molar-refractivity contribution in [2.24, 2.45) is 0 Å². The standard InChI is InChI=1S/C18H24FN3.C2H6.H2/c1-10(2)17-12(4)13(5)18(22-21-17)20-14(6)16-8-7-15(19)9-11(16)3;1-2;/h7-10,14H,1-6H3,(H,20,22);1-2H3;1H/t14-;;/m0../s1. The van der Waals surface area contributed by atoms with Crippen LogP contribution in [0.15, 0.2) is 18.2 Å². The van der Waals surface area contributed by atoms with Gasteiger partial charge in [-0.2, -0.15) is 5.10 Å². The quantitative estimate of drug-likeness (QED) is 0.733. The normalized spacial score (nSPS) is 11.8. The molecular weight excluding hydrogens is 301 g/mol. The summed E-state index contributed by atoms with van der Waals surface area (Å²) >= 11 is 0. The first-order chi connectivity index (χ1) is 11.3. The molecule has 0 aliphatic rings. The molecule has 0 saturated carbocycles. The van der Waals surface area contributed by atoms with E-state index in [1.54, 1.807) is 6.07 Å². The van der Waals surface area contributed by atoms with Crippen molar-refractivity contribution in [3.8, 4) is 0 Å². The first kappa shape index (κ1) is 20.1. The van der Waals surface area contributed by atoms with Gasteiger partial charge in [0.25, 0.3) is 0 Å². The number of nitrogens with one attached hydrogen (secondary N) is 1. The second-order valence-electron chi connectivity index (χ2n) is 6.21. The van der Waals surface area contributed by atoms with Gasteiger partial charge in [0.1, 0.15) is 5.82 Å². The van der Waals surface area contributed by atoms with Crippen LogP contribution in [0.5, 0.6) is 0 Å². The Morgan fingerprint density at radius 3 is 2.17 bits per heavy atom. The predicted molar refractivity (Wildman–Crippen MR) is 102 cm³/mol. The van der Waals surface area contributed by atoms with Crippen LogP contribution < -0.4 is 5.32 Å². The van der Waals surface area contributed by atoms with E-state index in [-0.39, 0.29) is 13.3 Å². The van der Waals surface area contributed by atoms with Gasteiger partial charge in [-0.15, -0.1) is 5.10 Å². The molecule has 1 heterocycles. The third-order valence-electron chi connectivity index (χ3n) is 4.16. The molecule has 1 aromatic carbocycles. The second-order valence-corrected chi connectivity index (χ2v) is 6.21. The number of nitrogens with zero attached hydrogens (tertiary/aromatic N) is 2. The molecule has 1 atom stereocenters. The Kier molecular flexibility index (Phi) is 7.33. The number of anilines is 1. The first-order valence-electron chi connectivity index (χ1n) is 8.67. The molecule has 3 nitrogen and oxygen atoms in total. The van der Waals surface area contributed by atoms with Crippen molar-refractivity contribution >= 4 is 5.82 Å². The lowest BCUT2D eigenvalue weighted by atomic mass is 10.0. The van der Waals surface area contributed by atoms with Crippen molar-refractivity contribution in [1.29, 1.82) is 0 Å². The van der Waals surface area contributed by atoms with Crippen molar-refractivity contribution in [3.63, 3.8) is 0 Å². The Labute approximate surface area is 147 Å². The minimum Gasteiger partial charge on any atom is -0.362 e. The molecule has 0 unspecified atom stereocenters. The molecular formula is C20H32FN3. The fraction of sp³-hybridized carbons (Fsp3) is 0.500. The number of hydrogen-bond donors (Lipinski definition) is 1. The number of aromatic nitrogens is 2. The van der Waals surface area contributed by atoms with Gasteiger partial charge in [-0.3, -0.25) is 0 Å². The SMILES string of the molecule is CC.Cc1cc(F)ccc1[C@H](C)Nc1nnc(C(C)C)c(C)c1C.[HH]. The van der Waals surface area contributed by atoms with Gasteiger partial charge in [-0.05, 0) is 68.0 Å². The molecule has 134 valence electrons. The Hall–Kier alpha value is -1.97. The molecule has 0 aliphatic heterocycles. The van der Waals surface area contributed by atoms with Crippen LogP contribution in [0.2, 0.25) is 0 Å². The Morgan fingerprint density at radius 1 is 1.00 bits per heavy atom. The molecule has 24 heavy (non-hydrogen) atoms. The predicted octanol–water partition coefficient (Wildman–Crippen LogP) is 6.11. The van der Waals surface area contributed by atoms with E-state index < -0.39 is 0 Å². The van der Waals surface area contributed by atoms with Crippen LogP contribution in [0.4, 0.5) is 10.2 Å². The molecule has 0 amide bonds. The molecule has 0 bridgehead atoms. The van der Waals surface area contributed by atoms with Crippen LogP contribution in [-0.2, 0) is 0 Å². The summed E-state index contributed by atoms with van der Waals surface area (Å²) in [5.41, 5.74) is 5.32. The third-order valence-corrected chi connectivity index (χ3v) is 4.16. The zero-order valence-corrected chi connectivity index (χ0v) is 16.2. The van der Waals surface area contributed by atoms with Crippen LogP contribution in [0.3, 0.4) is 0 Å². The molecule has 0 aliphatic carbocycles. The van der Waals surface area contributed by atoms with Gasteiger partial charge in [0.05, 0.1) is 11.7 Å². The summed E-state index contributed by atoms with van der Waals surface area (Å²) < 4.78 is 13.2. The van der Waals surface area contributed by atoms with E-state index in [1.807, 2.05) is 33.8 Å². The number of hydrogen-bond acceptors (Lipinski definition) is 3. The third kappa shape index (κ3) is 4.53. The minimum atomic E-state index is -0.207. The van der Waals surface area contributed by atoms with Crippen molar-refractivity contribution in [1.82, 2.24) is 10.2 Å². The van der Waals surface area contributed by atoms with Crippen molar-refractivity contribution < 1.29 is 5.82 Å². The van der Waals surface area contributed by atoms with Crippen molar-refractivity contribution in [3.05, 3.63) is 52.0 Å². The van der Waals surface area contributed by atoms with Gasteiger partial charge >= 0.3 is 0 Å². The first-order valence-corrected chi connectivity index (χ1v) is 8.67. The summed E-state index contributed by atoms with van der Waals surface area (Å²) in [6.45, 7) is 16.3. The maximum atomic E-state index is 13.2. The summed E-state index contributed by atoms with van der Waals surface area (Å²) in [6.07, 6.45) is 0. The van der Waals surface area contributed by atoms with Crippen LogP contribution >= 0.6 is 0 Å². The fourth-order valence-corrected chi connectivity index (χ4v) is 2.72. The maximum Gasteiger partial charge on any atom is 0.152 e. The molecule has 1 N–H and O–H groups in total. The molecule has 2 aromatic rings. The molecule has 4 heteroatoms. The lowest BCUT2D eigenvalue weighted by Gasteiger charge is -2.20. The van der Waals surface area contributed by atoms with Crippen LogP contribution in [0.25, 0.3) is 0 Å². The second kappa shape index (κ2) is 8.76. The Morgan fingerprint density at radius 2 is 1.62 bits per heavy atom. The fourth-order valence-electron chi connectivity index (χ4n) is 2.72. The highest BCUT2D eigenvalue weighted by atomic mass is 19.1. The largest absolute Gasteiger partial charge is 0.362 e. The van der Waals surface area contributed by atoms with Crippen molar-refractivity contribution in [2.75, 3.05) is 5.32 Å². The highest BCUT2D eigenvalue weighted by Crippen LogP contribution is 2.27. The summed E-state index contributed by atoms with van der Waals surface area (Å²) in [5, 5.41) is 12.1. The van der Waals surface area contributed by atoms with E-state index in [4.69, 9.17) is 0 Å². The van der Waals surface area contributed by atoms with Crippen molar-refractivity contribution in [2.45, 2.75) is 67.3 Å². The van der Waals surface area contributed by atoms with Crippen LogP contribution in [0.1, 0.15) is 76.0 Å². The zero-order chi connectivity index (χ0) is 18.4. The lowest BCUT2D eigenvalue weighted by molar-refractivity contribution is 0.624. The summed E-state index contributed by atoms with van der Waals surface area (Å²) in [5.74, 6) is 0.941. The van der Waals surface area contributed by atoms with E-state index in [2.05, 4.69) is 43.2 Å². The van der Waals surface area contributed by atoms with Crippen LogP contribution in [-0.4, -0.2) is 10.2 Å². The molecule has 0 radical (unpaired) electrons. The molecule has 1 aromatic heterocycles. The number of aryl methyl sites for hydroxylation is 1. The van der Waals surface area contributed by atoms with E-state index in [0.29, 0.717) is 5.92 Å². The zero-order valence-electron chi connectivity index (χ0n) is 16.2. The number of benzene rings is 1. The molecule has 0 spiro atoms. The van der Waals surface area contributed by atoms with Gasteiger partial charge in [0, 0.05) is 1.43 Å². The van der Waals surface area contributed by atoms with E-state index in [9.17, 15) is 4.39 Å².